The minimum absolute atomic E-state index is 0. The Morgan fingerprint density at radius 1 is 1.14 bits per heavy atom. The summed E-state index contributed by atoms with van der Waals surface area (Å²) in [6.07, 6.45) is 6.40. The van der Waals surface area contributed by atoms with Crippen LogP contribution in [0.3, 0.4) is 0 Å². The van der Waals surface area contributed by atoms with Gasteiger partial charge in [0.15, 0.2) is 5.96 Å². The molecule has 0 heterocycles. The van der Waals surface area contributed by atoms with Gasteiger partial charge in [0.05, 0.1) is 6.54 Å². The van der Waals surface area contributed by atoms with Crippen molar-refractivity contribution in [2.24, 2.45) is 10.7 Å². The molecule has 1 aliphatic rings. The highest BCUT2D eigenvalue weighted by molar-refractivity contribution is 5.85. The first-order valence-electron chi connectivity index (χ1n) is 8.11. The van der Waals surface area contributed by atoms with Crippen LogP contribution in [0.15, 0.2) is 29.3 Å². The van der Waals surface area contributed by atoms with Crippen LogP contribution in [0.4, 0.5) is 0 Å². The summed E-state index contributed by atoms with van der Waals surface area (Å²) >= 11 is 0. The van der Waals surface area contributed by atoms with E-state index in [4.69, 9.17) is 5.73 Å². The molecule has 124 valence electrons. The van der Waals surface area contributed by atoms with Gasteiger partial charge in [-0.1, -0.05) is 64.3 Å². The first-order valence-corrected chi connectivity index (χ1v) is 8.11. The third-order valence-electron chi connectivity index (χ3n) is 4.21. The zero-order chi connectivity index (χ0) is 15.3. The van der Waals surface area contributed by atoms with Crippen molar-refractivity contribution in [3.05, 3.63) is 35.4 Å². The molecule has 1 aromatic carbocycles. The smallest absolute Gasteiger partial charge is 0.189 e. The van der Waals surface area contributed by atoms with Gasteiger partial charge < -0.3 is 11.1 Å². The Bertz CT molecular complexity index is 468. The number of nitrogens with one attached hydrogen (secondary N) is 1. The van der Waals surface area contributed by atoms with E-state index in [-0.39, 0.29) is 17.8 Å². The fraction of sp³-hybridized carbons (Fsp3) is 0.611. The Labute approximate surface area is 141 Å². The number of nitrogens with two attached hydrogens (primary N) is 1. The van der Waals surface area contributed by atoms with Gasteiger partial charge in [-0.3, -0.25) is 0 Å². The molecule has 1 aromatic rings. The van der Waals surface area contributed by atoms with Crippen LogP contribution in [0, 0.1) is 0 Å². The summed E-state index contributed by atoms with van der Waals surface area (Å²) in [4.78, 5) is 4.46. The molecule has 3 nitrogen and oxygen atoms in total. The van der Waals surface area contributed by atoms with Gasteiger partial charge in [0, 0.05) is 6.04 Å². The summed E-state index contributed by atoms with van der Waals surface area (Å²) in [7, 11) is 0. The minimum Gasteiger partial charge on any atom is -0.370 e. The molecule has 0 amide bonds. The summed E-state index contributed by atoms with van der Waals surface area (Å²) in [5.41, 5.74) is 8.74. The lowest BCUT2D eigenvalue weighted by Gasteiger charge is -2.23. The van der Waals surface area contributed by atoms with Gasteiger partial charge in [-0.2, -0.15) is 0 Å². The molecule has 0 aliphatic heterocycles. The van der Waals surface area contributed by atoms with Crippen LogP contribution in [0.5, 0.6) is 0 Å². The monoisotopic (exact) mass is 323 g/mol. The molecule has 1 saturated carbocycles. The van der Waals surface area contributed by atoms with E-state index in [1.54, 1.807) is 0 Å². The summed E-state index contributed by atoms with van der Waals surface area (Å²) in [5, 5.41) is 3.35. The van der Waals surface area contributed by atoms with Gasteiger partial charge in [-0.15, -0.1) is 12.4 Å². The predicted molar refractivity (Wildman–Crippen MR) is 97.7 cm³/mol. The van der Waals surface area contributed by atoms with Crippen molar-refractivity contribution in [1.82, 2.24) is 5.32 Å². The molecular weight excluding hydrogens is 294 g/mol. The molecule has 1 aliphatic carbocycles. The van der Waals surface area contributed by atoms with E-state index in [2.05, 4.69) is 55.3 Å². The summed E-state index contributed by atoms with van der Waals surface area (Å²) in [6, 6.07) is 9.20. The molecule has 3 N–H and O–H groups in total. The van der Waals surface area contributed by atoms with Crippen LogP contribution in [-0.2, 0) is 12.0 Å². The van der Waals surface area contributed by atoms with Crippen molar-refractivity contribution in [2.75, 3.05) is 0 Å². The fourth-order valence-electron chi connectivity index (χ4n) is 2.79. The van der Waals surface area contributed by atoms with Crippen molar-refractivity contribution in [3.63, 3.8) is 0 Å². The lowest BCUT2D eigenvalue weighted by molar-refractivity contribution is 0.412. The molecule has 0 unspecified atom stereocenters. The molecule has 0 spiro atoms. The maximum atomic E-state index is 5.99. The third kappa shape index (κ3) is 5.88. The van der Waals surface area contributed by atoms with Gasteiger partial charge >= 0.3 is 0 Å². The van der Waals surface area contributed by atoms with E-state index in [0.717, 1.165) is 0 Å². The van der Waals surface area contributed by atoms with E-state index in [1.165, 1.54) is 43.2 Å². The van der Waals surface area contributed by atoms with E-state index >= 15 is 0 Å². The van der Waals surface area contributed by atoms with Crippen LogP contribution in [0.1, 0.15) is 64.0 Å². The van der Waals surface area contributed by atoms with E-state index in [0.29, 0.717) is 18.5 Å². The second-order valence-electron chi connectivity index (χ2n) is 7.13. The summed E-state index contributed by atoms with van der Waals surface area (Å²) in [5.74, 6) is 0.585. The van der Waals surface area contributed by atoms with Gasteiger partial charge in [-0.25, -0.2) is 4.99 Å². The number of halogens is 1. The Morgan fingerprint density at radius 2 is 1.73 bits per heavy atom. The molecule has 0 aromatic heterocycles. The van der Waals surface area contributed by atoms with Crippen molar-refractivity contribution in [3.8, 4) is 0 Å². The zero-order valence-electron chi connectivity index (χ0n) is 14.1. The number of hydrogen-bond acceptors (Lipinski definition) is 1. The van der Waals surface area contributed by atoms with Crippen LogP contribution in [0.25, 0.3) is 0 Å². The molecule has 1 fully saturated rings. The van der Waals surface area contributed by atoms with Gasteiger partial charge in [-0.05, 0) is 29.4 Å². The van der Waals surface area contributed by atoms with E-state index < -0.39 is 0 Å². The first-order chi connectivity index (χ1) is 9.95. The summed E-state index contributed by atoms with van der Waals surface area (Å²) < 4.78 is 0. The standard InChI is InChI=1S/C18H29N3.ClH/c1-18(2,3)15-11-9-14(10-12-15)13-20-17(19)21-16-7-5-4-6-8-16;/h9-12,16H,4-8,13H2,1-3H3,(H3,19,20,21);1H. The second-order valence-corrected chi connectivity index (χ2v) is 7.13. The number of nitrogens with zero attached hydrogens (tertiary/aromatic N) is 1. The Morgan fingerprint density at radius 3 is 2.27 bits per heavy atom. The lowest BCUT2D eigenvalue weighted by atomic mass is 9.87. The first kappa shape index (κ1) is 18.8. The lowest BCUT2D eigenvalue weighted by Crippen LogP contribution is -2.41. The third-order valence-corrected chi connectivity index (χ3v) is 4.21. The maximum Gasteiger partial charge on any atom is 0.189 e. The number of aliphatic imine (C=N–C) groups is 1. The number of guanidine groups is 1. The highest BCUT2D eigenvalue weighted by Crippen LogP contribution is 2.22. The van der Waals surface area contributed by atoms with E-state index in [1.807, 2.05) is 0 Å². The topological polar surface area (TPSA) is 50.4 Å². The molecule has 0 saturated heterocycles. The number of benzene rings is 1. The summed E-state index contributed by atoms with van der Waals surface area (Å²) in [6.45, 7) is 7.33. The van der Waals surface area contributed by atoms with Gasteiger partial charge in [0.25, 0.3) is 0 Å². The molecule has 2 rings (SSSR count). The average molecular weight is 324 g/mol. The Kier molecular flexibility index (Phi) is 7.21. The Hall–Kier alpha value is -1.22. The van der Waals surface area contributed by atoms with Crippen molar-refractivity contribution in [1.29, 1.82) is 0 Å². The van der Waals surface area contributed by atoms with Crippen LogP contribution >= 0.6 is 12.4 Å². The average Bonchev–Trinajstić information content (AvgIpc) is 2.46. The van der Waals surface area contributed by atoms with Gasteiger partial charge in [0.1, 0.15) is 0 Å². The SMILES string of the molecule is CC(C)(C)c1ccc(CN=C(N)NC2CCCCC2)cc1.Cl. The molecular formula is C18H30ClN3. The Balaban J connectivity index is 0.00000242. The molecule has 0 radical (unpaired) electrons. The molecule has 4 heteroatoms. The van der Waals surface area contributed by atoms with E-state index in [9.17, 15) is 0 Å². The second kappa shape index (κ2) is 8.42. The quantitative estimate of drug-likeness (QED) is 0.648. The molecule has 22 heavy (non-hydrogen) atoms. The van der Waals surface area contributed by atoms with Crippen molar-refractivity contribution in [2.45, 2.75) is 70.9 Å². The van der Waals surface area contributed by atoms with Crippen LogP contribution < -0.4 is 11.1 Å². The number of rotatable bonds is 3. The van der Waals surface area contributed by atoms with Crippen LogP contribution in [0.2, 0.25) is 0 Å². The predicted octanol–water partition coefficient (Wildman–Crippen LogP) is 4.14. The van der Waals surface area contributed by atoms with Crippen LogP contribution in [-0.4, -0.2) is 12.0 Å². The van der Waals surface area contributed by atoms with Crippen molar-refractivity contribution >= 4 is 18.4 Å². The fourth-order valence-corrected chi connectivity index (χ4v) is 2.79. The minimum atomic E-state index is 0. The molecule has 0 bridgehead atoms. The molecule has 0 atom stereocenters. The largest absolute Gasteiger partial charge is 0.370 e. The van der Waals surface area contributed by atoms with Crippen molar-refractivity contribution < 1.29 is 0 Å². The highest BCUT2D eigenvalue weighted by atomic mass is 35.5. The highest BCUT2D eigenvalue weighted by Gasteiger charge is 2.14. The van der Waals surface area contributed by atoms with Gasteiger partial charge in [0.2, 0.25) is 0 Å². The number of hydrogen-bond donors (Lipinski definition) is 2. The normalized spacial score (nSPS) is 17.0. The zero-order valence-corrected chi connectivity index (χ0v) is 14.9. The maximum absolute atomic E-state index is 5.99.